The molecule has 0 atom stereocenters. The van der Waals surface area contributed by atoms with Crippen LogP contribution in [0.2, 0.25) is 0 Å². The Bertz CT molecular complexity index is 1230. The number of fused-ring (bicyclic) bond motifs is 1. The van der Waals surface area contributed by atoms with Crippen LogP contribution < -0.4 is 0 Å². The van der Waals surface area contributed by atoms with Gasteiger partial charge in [0.1, 0.15) is 23.8 Å². The first-order valence-electron chi connectivity index (χ1n) is 9.56. The van der Waals surface area contributed by atoms with Crippen molar-refractivity contribution in [3.63, 3.8) is 0 Å². The third-order valence-electron chi connectivity index (χ3n) is 5.47. The Morgan fingerprint density at radius 2 is 2.03 bits per heavy atom. The summed E-state index contributed by atoms with van der Waals surface area (Å²) < 4.78 is 18.3. The van der Waals surface area contributed by atoms with Gasteiger partial charge >= 0.3 is 0 Å². The van der Waals surface area contributed by atoms with E-state index in [2.05, 4.69) is 26.3 Å². The molecular weight excluding hydrogens is 369 g/mol. The molecule has 5 rings (SSSR count). The van der Waals surface area contributed by atoms with Crippen LogP contribution in [0.3, 0.4) is 0 Å². The molecule has 0 aromatic carbocycles. The van der Waals surface area contributed by atoms with Crippen LogP contribution in [0.5, 0.6) is 0 Å². The minimum atomic E-state index is -1.17. The van der Waals surface area contributed by atoms with Crippen molar-refractivity contribution in [1.29, 1.82) is 5.26 Å². The highest BCUT2D eigenvalue weighted by atomic mass is 19.1. The summed E-state index contributed by atoms with van der Waals surface area (Å²) in [6.07, 6.45) is 10.1. The SMILES string of the molecule is N#Cc1ccc(-c2cnn(CC3(F)CCCC3)c2)c(-c2ccn3cnnc3c2)n1. The molecule has 0 spiro atoms. The lowest BCUT2D eigenvalue weighted by Gasteiger charge is -2.18. The summed E-state index contributed by atoms with van der Waals surface area (Å²) in [6.45, 7) is 0.262. The van der Waals surface area contributed by atoms with E-state index in [0.717, 1.165) is 29.5 Å². The minimum absolute atomic E-state index is 0.262. The fourth-order valence-electron chi connectivity index (χ4n) is 3.99. The summed E-state index contributed by atoms with van der Waals surface area (Å²) in [4.78, 5) is 4.53. The molecule has 29 heavy (non-hydrogen) atoms. The van der Waals surface area contributed by atoms with E-state index < -0.39 is 5.67 Å². The first kappa shape index (κ1) is 17.5. The molecular formula is C21H18FN7. The Balaban J connectivity index is 1.56. The molecule has 0 aliphatic heterocycles. The van der Waals surface area contributed by atoms with Crippen LogP contribution in [-0.4, -0.2) is 35.0 Å². The Hall–Kier alpha value is -3.60. The summed E-state index contributed by atoms with van der Waals surface area (Å²) >= 11 is 0. The van der Waals surface area contributed by atoms with Crippen LogP contribution in [0.25, 0.3) is 28.0 Å². The van der Waals surface area contributed by atoms with E-state index in [1.54, 1.807) is 27.7 Å². The highest BCUT2D eigenvalue weighted by molar-refractivity contribution is 5.81. The molecule has 1 fully saturated rings. The van der Waals surface area contributed by atoms with Gasteiger partial charge in [-0.25, -0.2) is 9.37 Å². The molecule has 0 unspecified atom stereocenters. The van der Waals surface area contributed by atoms with E-state index in [-0.39, 0.29) is 6.54 Å². The maximum atomic E-state index is 14.8. The van der Waals surface area contributed by atoms with Gasteiger partial charge in [0.2, 0.25) is 0 Å². The molecule has 4 heterocycles. The van der Waals surface area contributed by atoms with Crippen LogP contribution in [0.1, 0.15) is 31.4 Å². The number of nitriles is 1. The van der Waals surface area contributed by atoms with Crippen LogP contribution in [0.15, 0.2) is 49.2 Å². The molecule has 0 radical (unpaired) electrons. The molecule has 8 heteroatoms. The van der Waals surface area contributed by atoms with Crippen molar-refractivity contribution < 1.29 is 4.39 Å². The van der Waals surface area contributed by atoms with Crippen LogP contribution in [-0.2, 0) is 6.54 Å². The summed E-state index contributed by atoms with van der Waals surface area (Å²) in [6, 6.07) is 9.41. The van der Waals surface area contributed by atoms with Crippen molar-refractivity contribution in [1.82, 2.24) is 29.4 Å². The number of hydrogen-bond acceptors (Lipinski definition) is 5. The molecule has 4 aromatic rings. The van der Waals surface area contributed by atoms with Gasteiger partial charge in [-0.1, -0.05) is 12.8 Å². The number of alkyl halides is 1. The van der Waals surface area contributed by atoms with E-state index in [4.69, 9.17) is 0 Å². The van der Waals surface area contributed by atoms with Gasteiger partial charge in [-0.3, -0.25) is 9.08 Å². The van der Waals surface area contributed by atoms with Crippen molar-refractivity contribution in [2.75, 3.05) is 0 Å². The molecule has 0 saturated heterocycles. The van der Waals surface area contributed by atoms with Gasteiger partial charge < -0.3 is 0 Å². The van der Waals surface area contributed by atoms with Crippen molar-refractivity contribution in [2.45, 2.75) is 37.9 Å². The second-order valence-electron chi connectivity index (χ2n) is 7.50. The lowest BCUT2D eigenvalue weighted by atomic mass is 10.0. The Morgan fingerprint density at radius 3 is 2.86 bits per heavy atom. The van der Waals surface area contributed by atoms with Gasteiger partial charge in [0, 0.05) is 29.1 Å². The summed E-state index contributed by atoms with van der Waals surface area (Å²) in [5, 5.41) is 21.7. The third kappa shape index (κ3) is 3.25. The number of aromatic nitrogens is 6. The van der Waals surface area contributed by atoms with Gasteiger partial charge in [-0.05, 0) is 37.1 Å². The molecule has 1 saturated carbocycles. The number of pyridine rings is 2. The molecule has 0 bridgehead atoms. The second kappa shape index (κ2) is 6.78. The average molecular weight is 387 g/mol. The number of rotatable bonds is 4. The van der Waals surface area contributed by atoms with E-state index >= 15 is 0 Å². The second-order valence-corrected chi connectivity index (χ2v) is 7.50. The Morgan fingerprint density at radius 1 is 1.17 bits per heavy atom. The summed E-state index contributed by atoms with van der Waals surface area (Å²) in [7, 11) is 0. The lowest BCUT2D eigenvalue weighted by molar-refractivity contribution is 0.139. The molecule has 144 valence electrons. The van der Waals surface area contributed by atoms with Crippen molar-refractivity contribution in [3.8, 4) is 28.5 Å². The highest BCUT2D eigenvalue weighted by Gasteiger charge is 2.34. The standard InChI is InChI=1S/C21H18FN7/c22-21(6-1-2-7-21)13-29-12-16(11-25-29)18-4-3-17(10-23)26-20(18)15-5-8-28-14-24-27-19(28)9-15/h3-5,8-9,11-12,14H,1-2,6-7,13H2. The van der Waals surface area contributed by atoms with Crippen LogP contribution in [0.4, 0.5) is 4.39 Å². The third-order valence-corrected chi connectivity index (χ3v) is 5.47. The number of hydrogen-bond donors (Lipinski definition) is 0. The summed E-state index contributed by atoms with van der Waals surface area (Å²) in [5.74, 6) is 0. The average Bonchev–Trinajstić information content (AvgIpc) is 3.48. The number of halogens is 1. The zero-order chi connectivity index (χ0) is 19.8. The molecule has 7 nitrogen and oxygen atoms in total. The Labute approximate surface area is 166 Å². The van der Waals surface area contributed by atoms with Crippen molar-refractivity contribution >= 4 is 5.65 Å². The van der Waals surface area contributed by atoms with Gasteiger partial charge in [0.15, 0.2) is 5.65 Å². The summed E-state index contributed by atoms with van der Waals surface area (Å²) in [5.41, 5.74) is 2.99. The smallest absolute Gasteiger partial charge is 0.161 e. The highest BCUT2D eigenvalue weighted by Crippen LogP contribution is 2.36. The van der Waals surface area contributed by atoms with Crippen LogP contribution in [0, 0.1) is 11.3 Å². The van der Waals surface area contributed by atoms with E-state index in [1.807, 2.05) is 30.6 Å². The fourth-order valence-corrected chi connectivity index (χ4v) is 3.99. The monoisotopic (exact) mass is 387 g/mol. The topological polar surface area (TPSA) is 84.7 Å². The predicted octanol–water partition coefficient (Wildman–Crippen LogP) is 3.81. The minimum Gasteiger partial charge on any atom is -0.289 e. The van der Waals surface area contributed by atoms with E-state index in [9.17, 15) is 9.65 Å². The predicted molar refractivity (Wildman–Crippen MR) is 104 cm³/mol. The Kier molecular flexibility index (Phi) is 4.09. The van der Waals surface area contributed by atoms with Crippen molar-refractivity contribution in [2.24, 2.45) is 0 Å². The largest absolute Gasteiger partial charge is 0.289 e. The molecule has 1 aliphatic rings. The molecule has 0 N–H and O–H groups in total. The van der Waals surface area contributed by atoms with Gasteiger partial charge in [-0.2, -0.15) is 10.4 Å². The maximum absolute atomic E-state index is 14.8. The van der Waals surface area contributed by atoms with E-state index in [0.29, 0.717) is 29.9 Å². The molecule has 4 aromatic heterocycles. The fraction of sp³-hybridized carbons (Fsp3) is 0.286. The van der Waals surface area contributed by atoms with Crippen LogP contribution >= 0.6 is 0 Å². The maximum Gasteiger partial charge on any atom is 0.161 e. The molecule has 0 amide bonds. The zero-order valence-electron chi connectivity index (χ0n) is 15.7. The zero-order valence-corrected chi connectivity index (χ0v) is 15.7. The van der Waals surface area contributed by atoms with Gasteiger partial charge in [0.05, 0.1) is 18.4 Å². The quantitative estimate of drug-likeness (QED) is 0.532. The first-order chi connectivity index (χ1) is 14.1. The van der Waals surface area contributed by atoms with Crippen molar-refractivity contribution in [3.05, 3.63) is 54.9 Å². The first-order valence-corrected chi connectivity index (χ1v) is 9.56. The normalized spacial score (nSPS) is 15.6. The lowest BCUT2D eigenvalue weighted by Crippen LogP contribution is -2.25. The van der Waals surface area contributed by atoms with E-state index in [1.165, 1.54) is 0 Å². The van der Waals surface area contributed by atoms with Gasteiger partial charge in [-0.15, -0.1) is 10.2 Å². The molecule has 1 aliphatic carbocycles. The number of nitrogens with zero attached hydrogens (tertiary/aromatic N) is 7. The van der Waals surface area contributed by atoms with Gasteiger partial charge in [0.25, 0.3) is 0 Å².